The maximum atomic E-state index is 13.9. The zero-order valence-electron chi connectivity index (χ0n) is 28.4. The van der Waals surface area contributed by atoms with E-state index >= 15 is 0 Å². The first kappa shape index (κ1) is 33.7. The Morgan fingerprint density at radius 2 is 1.71 bits per heavy atom. The van der Waals surface area contributed by atoms with Crippen molar-refractivity contribution < 1.29 is 19.0 Å². The summed E-state index contributed by atoms with van der Waals surface area (Å²) in [5, 5.41) is 4.48. The number of carbonyl (C=O) groups is 1. The number of ether oxygens (including phenoxy) is 3. The van der Waals surface area contributed by atoms with Gasteiger partial charge in [0.25, 0.3) is 5.91 Å². The number of benzene rings is 3. The van der Waals surface area contributed by atoms with Crippen molar-refractivity contribution in [3.05, 3.63) is 89.0 Å². The number of rotatable bonds is 12. The molecule has 9 nitrogen and oxygen atoms in total. The summed E-state index contributed by atoms with van der Waals surface area (Å²) < 4.78 is 18.8. The molecule has 2 saturated heterocycles. The summed E-state index contributed by atoms with van der Waals surface area (Å²) >= 11 is 6.31. The molecule has 2 fully saturated rings. The Labute approximate surface area is 288 Å². The number of fused-ring (bicyclic) bond motifs is 1. The number of methoxy groups -OCH3 is 3. The third kappa shape index (κ3) is 6.98. The molecule has 0 radical (unpaired) electrons. The summed E-state index contributed by atoms with van der Waals surface area (Å²) in [6.45, 7) is 7.12. The Bertz CT molecular complexity index is 1720. The number of hydrogen-bond acceptors (Lipinski definition) is 7. The van der Waals surface area contributed by atoms with Gasteiger partial charge in [0.2, 0.25) is 11.7 Å². The van der Waals surface area contributed by atoms with Crippen LogP contribution in [0.15, 0.2) is 72.8 Å². The van der Waals surface area contributed by atoms with E-state index in [0.29, 0.717) is 47.0 Å². The summed E-state index contributed by atoms with van der Waals surface area (Å²) in [6, 6.07) is 20.4. The van der Waals surface area contributed by atoms with Crippen LogP contribution in [-0.2, 0) is 12.0 Å². The van der Waals surface area contributed by atoms with Gasteiger partial charge < -0.3 is 33.9 Å². The van der Waals surface area contributed by atoms with Crippen molar-refractivity contribution in [1.29, 1.82) is 0 Å². The van der Waals surface area contributed by atoms with Gasteiger partial charge in [0.05, 0.1) is 32.4 Å². The van der Waals surface area contributed by atoms with Crippen LogP contribution in [0.1, 0.15) is 48.5 Å². The zero-order valence-corrected chi connectivity index (χ0v) is 29.1. The number of amides is 1. The first-order valence-corrected chi connectivity index (χ1v) is 17.2. The van der Waals surface area contributed by atoms with Gasteiger partial charge in [0, 0.05) is 54.8 Å². The van der Waals surface area contributed by atoms with Crippen molar-refractivity contribution in [2.75, 3.05) is 59.4 Å². The fraction of sp³-hybridized carbons (Fsp3) is 0.421. The lowest BCUT2D eigenvalue weighted by atomic mass is 9.76. The molecular weight excluding hydrogens is 626 g/mol. The topological polar surface area (TPSA) is 81.1 Å². The Morgan fingerprint density at radius 3 is 2.38 bits per heavy atom. The van der Waals surface area contributed by atoms with Crippen molar-refractivity contribution in [3.8, 4) is 17.2 Å². The smallest absolute Gasteiger partial charge is 0.254 e. The van der Waals surface area contributed by atoms with E-state index in [2.05, 4.69) is 64.2 Å². The number of likely N-dealkylation sites (tertiary alicyclic amines) is 2. The molecule has 254 valence electrons. The van der Waals surface area contributed by atoms with Crippen molar-refractivity contribution in [2.24, 2.45) is 0 Å². The summed E-state index contributed by atoms with van der Waals surface area (Å²) in [4.78, 5) is 23.4. The van der Waals surface area contributed by atoms with Gasteiger partial charge in [-0.25, -0.2) is 4.98 Å². The maximum Gasteiger partial charge on any atom is 0.254 e. The van der Waals surface area contributed by atoms with Crippen LogP contribution in [0, 0.1) is 0 Å². The van der Waals surface area contributed by atoms with Crippen LogP contribution in [0.4, 0.5) is 5.95 Å². The van der Waals surface area contributed by atoms with Crippen molar-refractivity contribution in [1.82, 2.24) is 19.4 Å². The van der Waals surface area contributed by atoms with E-state index < -0.39 is 0 Å². The van der Waals surface area contributed by atoms with Crippen LogP contribution in [-0.4, -0.2) is 85.4 Å². The molecule has 10 heteroatoms. The number of para-hydroxylation sites is 2. The van der Waals surface area contributed by atoms with E-state index in [1.54, 1.807) is 33.5 Å². The molecule has 48 heavy (non-hydrogen) atoms. The van der Waals surface area contributed by atoms with Gasteiger partial charge in [-0.15, -0.1) is 0 Å². The van der Waals surface area contributed by atoms with Gasteiger partial charge in [0.1, 0.15) is 0 Å². The number of anilines is 1. The van der Waals surface area contributed by atoms with E-state index in [-0.39, 0.29) is 11.3 Å². The number of nitrogens with zero attached hydrogens (tertiary/aromatic N) is 4. The molecule has 6 rings (SSSR count). The summed E-state index contributed by atoms with van der Waals surface area (Å²) in [5.41, 5.74) is 3.74. The van der Waals surface area contributed by atoms with Gasteiger partial charge in [-0.2, -0.15) is 0 Å². The second-order valence-electron chi connectivity index (χ2n) is 12.8. The number of hydrogen-bond donors (Lipinski definition) is 1. The highest BCUT2D eigenvalue weighted by Gasteiger charge is 2.42. The molecule has 1 N–H and O–H groups in total. The minimum absolute atomic E-state index is 0.0440. The first-order chi connectivity index (χ1) is 23.4. The number of allylic oxidation sites excluding steroid dienone is 2. The molecule has 0 spiro atoms. The zero-order chi connectivity index (χ0) is 33.7. The molecule has 0 saturated carbocycles. The van der Waals surface area contributed by atoms with Gasteiger partial charge in [-0.3, -0.25) is 4.79 Å². The molecule has 2 aliphatic heterocycles. The Balaban J connectivity index is 1.13. The first-order valence-electron chi connectivity index (χ1n) is 16.8. The summed E-state index contributed by atoms with van der Waals surface area (Å²) in [7, 11) is 4.69. The molecular formula is C38H46ClN5O4. The van der Waals surface area contributed by atoms with Crippen LogP contribution in [0.3, 0.4) is 0 Å². The van der Waals surface area contributed by atoms with Crippen molar-refractivity contribution in [3.63, 3.8) is 0 Å². The predicted molar refractivity (Wildman–Crippen MR) is 192 cm³/mol. The van der Waals surface area contributed by atoms with Gasteiger partial charge in [0.15, 0.2) is 11.5 Å². The largest absolute Gasteiger partial charge is 0.493 e. The highest BCUT2D eigenvalue weighted by Crippen LogP contribution is 2.42. The molecule has 3 aromatic carbocycles. The molecule has 0 bridgehead atoms. The van der Waals surface area contributed by atoms with Gasteiger partial charge >= 0.3 is 0 Å². The minimum atomic E-state index is -0.173. The summed E-state index contributed by atoms with van der Waals surface area (Å²) in [6.07, 6.45) is 8.18. The number of piperidine rings is 1. The van der Waals surface area contributed by atoms with Crippen molar-refractivity contribution >= 4 is 34.5 Å². The third-order valence-electron chi connectivity index (χ3n) is 10.0. The Morgan fingerprint density at radius 1 is 1.00 bits per heavy atom. The van der Waals surface area contributed by atoms with E-state index in [1.807, 2.05) is 23.1 Å². The molecule has 1 amide bonds. The van der Waals surface area contributed by atoms with Crippen LogP contribution in [0.5, 0.6) is 17.2 Å². The fourth-order valence-electron chi connectivity index (χ4n) is 7.26. The molecule has 1 aromatic heterocycles. The second-order valence-corrected chi connectivity index (χ2v) is 13.2. The second kappa shape index (κ2) is 14.9. The predicted octanol–water partition coefficient (Wildman–Crippen LogP) is 7.04. The lowest BCUT2D eigenvalue weighted by molar-refractivity contribution is 0.0779. The fourth-order valence-corrected chi connectivity index (χ4v) is 7.38. The Hall–Kier alpha value is -4.21. The standard InChI is InChI=1S/C38H46ClN5O4/c1-5-6-19-44-32-10-8-7-9-31(32)41-37(44)40-30-15-20-42(21-16-30)22-17-38(28-11-13-29(39)14-12-28)18-23-43(26-38)36(45)27-24-33(46-2)35(48-4)34(25-27)47-3/h5-14,24-25,30H,15-23,26H2,1-4H3,(H,40,41). The lowest BCUT2D eigenvalue weighted by Gasteiger charge is -2.36. The van der Waals surface area contributed by atoms with E-state index in [1.165, 1.54) is 5.56 Å². The molecule has 1 atom stereocenters. The highest BCUT2D eigenvalue weighted by molar-refractivity contribution is 6.30. The van der Waals surface area contributed by atoms with E-state index in [4.69, 9.17) is 30.8 Å². The van der Waals surface area contributed by atoms with E-state index in [0.717, 1.165) is 68.8 Å². The molecule has 3 heterocycles. The van der Waals surface area contributed by atoms with Crippen LogP contribution >= 0.6 is 11.6 Å². The van der Waals surface area contributed by atoms with Crippen molar-refractivity contribution in [2.45, 2.75) is 50.6 Å². The lowest BCUT2D eigenvalue weighted by Crippen LogP contribution is -2.42. The number of imidazole rings is 1. The number of aromatic nitrogens is 2. The highest BCUT2D eigenvalue weighted by atomic mass is 35.5. The average molecular weight is 672 g/mol. The number of halogens is 1. The monoisotopic (exact) mass is 671 g/mol. The molecule has 1 unspecified atom stereocenters. The van der Waals surface area contributed by atoms with E-state index in [9.17, 15) is 4.79 Å². The van der Waals surface area contributed by atoms with Gasteiger partial charge in [-0.1, -0.05) is 48.0 Å². The average Bonchev–Trinajstić information content (AvgIpc) is 3.71. The normalized spacial score (nSPS) is 18.9. The van der Waals surface area contributed by atoms with Crippen LogP contribution in [0.25, 0.3) is 11.0 Å². The minimum Gasteiger partial charge on any atom is -0.493 e. The quantitative estimate of drug-likeness (QED) is 0.162. The van der Waals surface area contributed by atoms with Gasteiger partial charge in [-0.05, 0) is 81.1 Å². The number of nitrogens with one attached hydrogen (secondary N) is 1. The third-order valence-corrected chi connectivity index (χ3v) is 10.3. The van der Waals surface area contributed by atoms with Crippen LogP contribution in [0.2, 0.25) is 5.02 Å². The molecule has 2 aliphatic rings. The molecule has 4 aromatic rings. The number of carbonyl (C=O) groups excluding carboxylic acids is 1. The molecule has 0 aliphatic carbocycles. The summed E-state index contributed by atoms with van der Waals surface area (Å²) in [5.74, 6) is 2.31. The Kier molecular flexibility index (Phi) is 10.5. The SMILES string of the molecule is CC=CCn1c(NC2CCN(CCC3(c4ccc(Cl)cc4)CCN(C(=O)c4cc(OC)c(OC)c(OC)c4)C3)CC2)nc2ccccc21. The maximum absolute atomic E-state index is 13.9. The van der Waals surface area contributed by atoms with Crippen LogP contribution < -0.4 is 19.5 Å².